The summed E-state index contributed by atoms with van der Waals surface area (Å²) in [4.78, 5) is 13.8. The first kappa shape index (κ1) is 17.2. The van der Waals surface area contributed by atoms with E-state index >= 15 is 0 Å². The Morgan fingerprint density at radius 1 is 1.30 bits per heavy atom. The van der Waals surface area contributed by atoms with Crippen LogP contribution in [-0.4, -0.2) is 36.8 Å². The van der Waals surface area contributed by atoms with E-state index in [1.165, 1.54) is 5.57 Å². The molecule has 23 heavy (non-hydrogen) atoms. The van der Waals surface area contributed by atoms with Crippen LogP contribution in [0, 0.1) is 6.92 Å². The number of aryl methyl sites for hydroxylation is 1. The maximum atomic E-state index is 12.1. The van der Waals surface area contributed by atoms with Gasteiger partial charge < -0.3 is 20.1 Å². The van der Waals surface area contributed by atoms with Crippen LogP contribution in [0.15, 0.2) is 18.2 Å². The number of methoxy groups -OCH3 is 1. The van der Waals surface area contributed by atoms with Crippen LogP contribution in [0.5, 0.6) is 5.75 Å². The molecule has 0 atom stereocenters. The van der Waals surface area contributed by atoms with Crippen molar-refractivity contribution in [3.05, 3.63) is 29.3 Å². The highest BCUT2D eigenvalue weighted by molar-refractivity contribution is 5.76. The molecule has 5 nitrogen and oxygen atoms in total. The van der Waals surface area contributed by atoms with Crippen molar-refractivity contribution in [2.45, 2.75) is 39.7 Å². The van der Waals surface area contributed by atoms with Gasteiger partial charge in [0.15, 0.2) is 0 Å². The number of anilines is 1. The van der Waals surface area contributed by atoms with Crippen LogP contribution >= 0.6 is 0 Å². The number of nitrogens with zero attached hydrogens (tertiary/aromatic N) is 1. The van der Waals surface area contributed by atoms with E-state index in [0.29, 0.717) is 24.5 Å². The van der Waals surface area contributed by atoms with Crippen molar-refractivity contribution in [3.63, 3.8) is 0 Å². The monoisotopic (exact) mass is 318 g/mol. The Bertz CT molecular complexity index is 630. The zero-order valence-electron chi connectivity index (χ0n) is 14.6. The number of hydrogen-bond acceptors (Lipinski definition) is 4. The number of amides is 1. The van der Waals surface area contributed by atoms with Crippen molar-refractivity contribution < 1.29 is 14.3 Å². The van der Waals surface area contributed by atoms with Crippen LogP contribution in [0.4, 0.5) is 10.5 Å². The minimum atomic E-state index is -0.470. The van der Waals surface area contributed by atoms with Crippen LogP contribution in [0.3, 0.4) is 0 Å². The minimum absolute atomic E-state index is 0.264. The number of nitrogens with two attached hydrogens (primary N) is 1. The lowest BCUT2D eigenvalue weighted by molar-refractivity contribution is 0.0270. The molecule has 0 unspecified atom stereocenters. The molecule has 0 radical (unpaired) electrons. The molecule has 1 amide bonds. The summed E-state index contributed by atoms with van der Waals surface area (Å²) in [5.41, 5.74) is 9.55. The maximum absolute atomic E-state index is 12.1. The van der Waals surface area contributed by atoms with Crippen LogP contribution in [0.2, 0.25) is 0 Å². The number of carbonyl (C=O) groups is 1. The van der Waals surface area contributed by atoms with E-state index in [9.17, 15) is 4.79 Å². The fourth-order valence-electron chi connectivity index (χ4n) is 2.64. The molecular weight excluding hydrogens is 292 g/mol. The van der Waals surface area contributed by atoms with Crippen LogP contribution < -0.4 is 10.5 Å². The molecule has 1 aromatic rings. The second-order valence-electron chi connectivity index (χ2n) is 6.81. The summed E-state index contributed by atoms with van der Waals surface area (Å²) >= 11 is 0. The van der Waals surface area contributed by atoms with Crippen molar-refractivity contribution >= 4 is 17.4 Å². The van der Waals surface area contributed by atoms with Crippen molar-refractivity contribution in [3.8, 4) is 5.75 Å². The van der Waals surface area contributed by atoms with Gasteiger partial charge in [-0.25, -0.2) is 4.79 Å². The Kier molecular flexibility index (Phi) is 4.88. The molecule has 0 bridgehead atoms. The first-order valence-electron chi connectivity index (χ1n) is 7.82. The summed E-state index contributed by atoms with van der Waals surface area (Å²) in [7, 11) is 1.62. The van der Waals surface area contributed by atoms with Gasteiger partial charge >= 0.3 is 6.09 Å². The summed E-state index contributed by atoms with van der Waals surface area (Å²) < 4.78 is 10.7. The summed E-state index contributed by atoms with van der Waals surface area (Å²) in [6.45, 7) is 8.86. The van der Waals surface area contributed by atoms with Crippen molar-refractivity contribution in [2.24, 2.45) is 0 Å². The predicted molar refractivity (Wildman–Crippen MR) is 92.5 cm³/mol. The highest BCUT2D eigenvalue weighted by Crippen LogP contribution is 2.32. The molecule has 1 heterocycles. The van der Waals surface area contributed by atoms with Crippen LogP contribution in [-0.2, 0) is 4.74 Å². The SMILES string of the molecule is COc1cc(C2=CCN(C(=O)OC(C)(C)C)CC2)c(C)cc1N. The first-order chi connectivity index (χ1) is 10.7. The molecule has 0 fully saturated rings. The Labute approximate surface area is 138 Å². The predicted octanol–water partition coefficient (Wildman–Crippen LogP) is 3.61. The van der Waals surface area contributed by atoms with Gasteiger partial charge in [-0.05, 0) is 62.9 Å². The van der Waals surface area contributed by atoms with E-state index in [1.807, 2.05) is 39.8 Å². The number of carbonyl (C=O) groups excluding carboxylic acids is 1. The third kappa shape index (κ3) is 4.18. The molecule has 1 aliphatic heterocycles. The normalized spacial score (nSPS) is 15.2. The average Bonchev–Trinajstić information content (AvgIpc) is 2.46. The van der Waals surface area contributed by atoms with Crippen molar-refractivity contribution in [1.29, 1.82) is 0 Å². The third-order valence-corrected chi connectivity index (χ3v) is 3.78. The second kappa shape index (κ2) is 6.52. The van der Waals surface area contributed by atoms with Gasteiger partial charge in [0, 0.05) is 13.1 Å². The van der Waals surface area contributed by atoms with Gasteiger partial charge in [0.25, 0.3) is 0 Å². The second-order valence-corrected chi connectivity index (χ2v) is 6.81. The Morgan fingerprint density at radius 2 is 2.00 bits per heavy atom. The van der Waals surface area contributed by atoms with Gasteiger partial charge in [-0.3, -0.25) is 0 Å². The fourth-order valence-corrected chi connectivity index (χ4v) is 2.64. The molecule has 126 valence electrons. The van der Waals surface area contributed by atoms with Gasteiger partial charge in [0.1, 0.15) is 11.4 Å². The fraction of sp³-hybridized carbons (Fsp3) is 0.500. The molecule has 0 aliphatic carbocycles. The highest BCUT2D eigenvalue weighted by Gasteiger charge is 2.24. The van der Waals surface area contributed by atoms with Gasteiger partial charge in [-0.2, -0.15) is 0 Å². The summed E-state index contributed by atoms with van der Waals surface area (Å²) in [6, 6.07) is 3.90. The highest BCUT2D eigenvalue weighted by atomic mass is 16.6. The van der Waals surface area contributed by atoms with Gasteiger partial charge in [-0.15, -0.1) is 0 Å². The average molecular weight is 318 g/mol. The molecule has 0 saturated heterocycles. The molecule has 0 aromatic heterocycles. The summed E-state index contributed by atoms with van der Waals surface area (Å²) in [6.07, 6.45) is 2.60. The Hall–Kier alpha value is -2.17. The molecule has 1 aliphatic rings. The van der Waals surface area contributed by atoms with Crippen LogP contribution in [0.1, 0.15) is 38.3 Å². The summed E-state index contributed by atoms with van der Waals surface area (Å²) in [5, 5.41) is 0. The molecule has 1 aromatic carbocycles. The molecule has 5 heteroatoms. The largest absolute Gasteiger partial charge is 0.495 e. The quantitative estimate of drug-likeness (QED) is 0.846. The minimum Gasteiger partial charge on any atom is -0.495 e. The van der Waals surface area contributed by atoms with E-state index in [2.05, 4.69) is 6.08 Å². The van der Waals surface area contributed by atoms with Crippen LogP contribution in [0.25, 0.3) is 5.57 Å². The number of hydrogen-bond donors (Lipinski definition) is 1. The van der Waals surface area contributed by atoms with E-state index in [1.54, 1.807) is 12.0 Å². The molecule has 0 saturated carbocycles. The number of rotatable bonds is 2. The smallest absolute Gasteiger partial charge is 0.410 e. The first-order valence-corrected chi connectivity index (χ1v) is 7.82. The zero-order valence-corrected chi connectivity index (χ0v) is 14.6. The van der Waals surface area contributed by atoms with Gasteiger partial charge in [-0.1, -0.05) is 6.08 Å². The maximum Gasteiger partial charge on any atom is 0.410 e. The van der Waals surface area contributed by atoms with E-state index in [0.717, 1.165) is 17.5 Å². The lowest BCUT2D eigenvalue weighted by Crippen LogP contribution is -2.39. The standard InChI is InChI=1S/C18H26N2O3/c1-12-10-15(19)16(22-5)11-14(12)13-6-8-20(9-7-13)17(21)23-18(2,3)4/h6,10-11H,7-9,19H2,1-5H3. The topological polar surface area (TPSA) is 64.8 Å². The van der Waals surface area contributed by atoms with Gasteiger partial charge in [0.2, 0.25) is 0 Å². The van der Waals surface area contributed by atoms with Crippen molar-refractivity contribution in [1.82, 2.24) is 4.90 Å². The molecule has 0 spiro atoms. The van der Waals surface area contributed by atoms with E-state index in [-0.39, 0.29) is 6.09 Å². The zero-order chi connectivity index (χ0) is 17.2. The number of benzene rings is 1. The lowest BCUT2D eigenvalue weighted by Gasteiger charge is -2.30. The van der Waals surface area contributed by atoms with Gasteiger partial charge in [0.05, 0.1) is 12.8 Å². The molecule has 2 rings (SSSR count). The molecular formula is C18H26N2O3. The van der Waals surface area contributed by atoms with Crippen molar-refractivity contribution in [2.75, 3.05) is 25.9 Å². The number of ether oxygens (including phenoxy) is 2. The molecule has 2 N–H and O–H groups in total. The summed E-state index contributed by atoms with van der Waals surface area (Å²) in [5.74, 6) is 0.682. The van der Waals surface area contributed by atoms with E-state index < -0.39 is 5.60 Å². The number of nitrogen functional groups attached to an aromatic ring is 1. The lowest BCUT2D eigenvalue weighted by atomic mass is 9.95. The Balaban J connectivity index is 2.15. The van der Waals surface area contributed by atoms with E-state index in [4.69, 9.17) is 15.2 Å². The Morgan fingerprint density at radius 3 is 2.52 bits per heavy atom. The third-order valence-electron chi connectivity index (χ3n) is 3.78.